The van der Waals surface area contributed by atoms with E-state index in [9.17, 15) is 0 Å². The molecule has 0 aliphatic carbocycles. The van der Waals surface area contributed by atoms with Gasteiger partial charge in [0, 0.05) is 58.1 Å². The Labute approximate surface area is 163 Å². The number of aryl methyl sites for hydroxylation is 1. The SMILES string of the molecule is CCNC(=NCCC(C)N(C)Cc1ccccc1)N(C)Cc1cnn(C)c1. The summed E-state index contributed by atoms with van der Waals surface area (Å²) < 4.78 is 1.83. The summed E-state index contributed by atoms with van der Waals surface area (Å²) in [6, 6.07) is 11.1. The van der Waals surface area contributed by atoms with Crippen molar-refractivity contribution in [2.45, 2.75) is 39.4 Å². The molecule has 6 nitrogen and oxygen atoms in total. The molecule has 2 rings (SSSR count). The van der Waals surface area contributed by atoms with Crippen LogP contribution in [0.2, 0.25) is 0 Å². The summed E-state index contributed by atoms with van der Waals surface area (Å²) in [5.74, 6) is 0.944. The van der Waals surface area contributed by atoms with Crippen LogP contribution in [-0.2, 0) is 20.1 Å². The molecule has 0 saturated carbocycles. The van der Waals surface area contributed by atoms with E-state index in [1.807, 2.05) is 24.1 Å². The number of nitrogens with one attached hydrogen (secondary N) is 1. The number of nitrogens with zero attached hydrogens (tertiary/aromatic N) is 5. The first kappa shape index (κ1) is 21.0. The van der Waals surface area contributed by atoms with E-state index in [1.54, 1.807) is 0 Å². The molecule has 0 amide bonds. The van der Waals surface area contributed by atoms with Gasteiger partial charge in [-0.05, 0) is 32.9 Å². The molecule has 1 aromatic carbocycles. The predicted molar refractivity (Wildman–Crippen MR) is 113 cm³/mol. The second-order valence-electron chi connectivity index (χ2n) is 7.15. The number of aliphatic imine (C=N–C) groups is 1. The van der Waals surface area contributed by atoms with Gasteiger partial charge in [-0.25, -0.2) is 0 Å². The van der Waals surface area contributed by atoms with Gasteiger partial charge in [0.15, 0.2) is 5.96 Å². The molecule has 1 N–H and O–H groups in total. The topological polar surface area (TPSA) is 48.7 Å². The van der Waals surface area contributed by atoms with E-state index in [0.29, 0.717) is 6.04 Å². The first-order valence-electron chi connectivity index (χ1n) is 9.70. The van der Waals surface area contributed by atoms with Crippen molar-refractivity contribution in [1.82, 2.24) is 24.9 Å². The average Bonchev–Trinajstić information content (AvgIpc) is 3.06. The van der Waals surface area contributed by atoms with Crippen LogP contribution in [0.5, 0.6) is 0 Å². The summed E-state index contributed by atoms with van der Waals surface area (Å²) >= 11 is 0. The summed E-state index contributed by atoms with van der Waals surface area (Å²) in [6.07, 6.45) is 4.97. The van der Waals surface area contributed by atoms with E-state index in [4.69, 9.17) is 4.99 Å². The molecule has 0 aliphatic heterocycles. The van der Waals surface area contributed by atoms with Crippen LogP contribution in [0.1, 0.15) is 31.4 Å². The Bertz CT molecular complexity index is 694. The van der Waals surface area contributed by atoms with Gasteiger partial charge in [-0.1, -0.05) is 30.3 Å². The van der Waals surface area contributed by atoms with Crippen molar-refractivity contribution in [3.8, 4) is 0 Å². The quantitative estimate of drug-likeness (QED) is 0.545. The molecule has 148 valence electrons. The third kappa shape index (κ3) is 7.06. The Kier molecular flexibility index (Phi) is 8.33. The number of guanidine groups is 1. The summed E-state index contributed by atoms with van der Waals surface area (Å²) in [4.78, 5) is 9.36. The third-order valence-corrected chi connectivity index (χ3v) is 4.71. The van der Waals surface area contributed by atoms with Gasteiger partial charge in [-0.2, -0.15) is 5.10 Å². The van der Waals surface area contributed by atoms with Gasteiger partial charge in [0.1, 0.15) is 0 Å². The molecule has 1 unspecified atom stereocenters. The van der Waals surface area contributed by atoms with Crippen LogP contribution in [0.25, 0.3) is 0 Å². The van der Waals surface area contributed by atoms with Gasteiger partial charge >= 0.3 is 0 Å². The molecule has 2 aromatic rings. The van der Waals surface area contributed by atoms with Crippen LogP contribution in [0.15, 0.2) is 47.7 Å². The maximum absolute atomic E-state index is 4.82. The first-order valence-corrected chi connectivity index (χ1v) is 9.70. The van der Waals surface area contributed by atoms with Gasteiger partial charge in [-0.3, -0.25) is 14.6 Å². The van der Waals surface area contributed by atoms with Crippen molar-refractivity contribution >= 4 is 5.96 Å². The van der Waals surface area contributed by atoms with Gasteiger partial charge in [-0.15, -0.1) is 0 Å². The fourth-order valence-electron chi connectivity index (χ4n) is 2.98. The predicted octanol–water partition coefficient (Wildman–Crippen LogP) is 2.73. The van der Waals surface area contributed by atoms with Gasteiger partial charge in [0.2, 0.25) is 0 Å². The molecule has 6 heteroatoms. The van der Waals surface area contributed by atoms with Crippen molar-refractivity contribution in [2.75, 3.05) is 27.2 Å². The van der Waals surface area contributed by atoms with Crippen molar-refractivity contribution in [2.24, 2.45) is 12.0 Å². The van der Waals surface area contributed by atoms with Crippen molar-refractivity contribution in [1.29, 1.82) is 0 Å². The Hall–Kier alpha value is -2.34. The third-order valence-electron chi connectivity index (χ3n) is 4.71. The summed E-state index contributed by atoms with van der Waals surface area (Å²) in [7, 11) is 6.19. The zero-order valence-electron chi connectivity index (χ0n) is 17.4. The highest BCUT2D eigenvalue weighted by atomic mass is 15.3. The lowest BCUT2D eigenvalue weighted by molar-refractivity contribution is 0.240. The van der Waals surface area contributed by atoms with Crippen LogP contribution in [0.4, 0.5) is 0 Å². The van der Waals surface area contributed by atoms with Crippen LogP contribution in [0.3, 0.4) is 0 Å². The molecule has 0 radical (unpaired) electrons. The lowest BCUT2D eigenvalue weighted by Crippen LogP contribution is -2.38. The van der Waals surface area contributed by atoms with E-state index >= 15 is 0 Å². The Morgan fingerprint density at radius 1 is 1.19 bits per heavy atom. The minimum absolute atomic E-state index is 0.473. The zero-order chi connectivity index (χ0) is 19.6. The maximum Gasteiger partial charge on any atom is 0.193 e. The van der Waals surface area contributed by atoms with E-state index in [2.05, 4.69) is 78.5 Å². The average molecular weight is 371 g/mol. The lowest BCUT2D eigenvalue weighted by atomic mass is 10.1. The molecule has 0 fully saturated rings. The van der Waals surface area contributed by atoms with E-state index in [-0.39, 0.29) is 0 Å². The highest BCUT2D eigenvalue weighted by molar-refractivity contribution is 5.79. The number of benzene rings is 1. The van der Waals surface area contributed by atoms with Crippen LogP contribution >= 0.6 is 0 Å². The van der Waals surface area contributed by atoms with Crippen molar-refractivity contribution < 1.29 is 0 Å². The van der Waals surface area contributed by atoms with Gasteiger partial charge in [0.05, 0.1) is 6.20 Å². The molecule has 1 aromatic heterocycles. The first-order chi connectivity index (χ1) is 13.0. The molecule has 0 aliphatic rings. The van der Waals surface area contributed by atoms with Crippen LogP contribution in [0, 0.1) is 0 Å². The maximum atomic E-state index is 4.82. The normalized spacial score (nSPS) is 13.0. The highest BCUT2D eigenvalue weighted by Crippen LogP contribution is 2.09. The largest absolute Gasteiger partial charge is 0.357 e. The number of aromatic nitrogens is 2. The van der Waals surface area contributed by atoms with Crippen molar-refractivity contribution in [3.05, 3.63) is 53.9 Å². The summed E-state index contributed by atoms with van der Waals surface area (Å²) in [5.41, 5.74) is 2.53. The second kappa shape index (κ2) is 10.7. The molecule has 27 heavy (non-hydrogen) atoms. The second-order valence-corrected chi connectivity index (χ2v) is 7.15. The smallest absolute Gasteiger partial charge is 0.193 e. The zero-order valence-corrected chi connectivity index (χ0v) is 17.4. The standard InChI is InChI=1S/C21H34N6/c1-6-22-21(26(4)16-20-14-24-27(5)17-20)23-13-12-18(2)25(3)15-19-10-8-7-9-11-19/h7-11,14,17-18H,6,12-13,15-16H2,1-5H3,(H,22,23). The molecule has 0 bridgehead atoms. The van der Waals surface area contributed by atoms with Crippen LogP contribution < -0.4 is 5.32 Å². The molecular weight excluding hydrogens is 336 g/mol. The van der Waals surface area contributed by atoms with E-state index < -0.39 is 0 Å². The molecule has 0 saturated heterocycles. The number of hydrogen-bond donors (Lipinski definition) is 1. The minimum Gasteiger partial charge on any atom is -0.357 e. The highest BCUT2D eigenvalue weighted by Gasteiger charge is 2.11. The van der Waals surface area contributed by atoms with E-state index in [0.717, 1.165) is 38.6 Å². The molecule has 1 atom stereocenters. The van der Waals surface area contributed by atoms with Gasteiger partial charge in [0.25, 0.3) is 0 Å². The lowest BCUT2D eigenvalue weighted by Gasteiger charge is -2.25. The number of rotatable bonds is 9. The Morgan fingerprint density at radius 2 is 1.93 bits per heavy atom. The summed E-state index contributed by atoms with van der Waals surface area (Å²) in [5, 5.41) is 7.63. The Balaban J connectivity index is 1.85. The van der Waals surface area contributed by atoms with Crippen molar-refractivity contribution in [3.63, 3.8) is 0 Å². The molecule has 0 spiro atoms. The minimum atomic E-state index is 0.473. The van der Waals surface area contributed by atoms with E-state index in [1.165, 1.54) is 11.1 Å². The molecule has 1 heterocycles. The monoisotopic (exact) mass is 370 g/mol. The molecular formula is C21H34N6. The Morgan fingerprint density at radius 3 is 2.56 bits per heavy atom. The van der Waals surface area contributed by atoms with Gasteiger partial charge < -0.3 is 10.2 Å². The summed E-state index contributed by atoms with van der Waals surface area (Å²) in [6.45, 7) is 7.80. The fourth-order valence-corrected chi connectivity index (χ4v) is 2.98. The van der Waals surface area contributed by atoms with Crippen LogP contribution in [-0.4, -0.2) is 58.8 Å². The fraction of sp³-hybridized carbons (Fsp3) is 0.524. The number of hydrogen-bond acceptors (Lipinski definition) is 3.